The second-order valence-electron chi connectivity index (χ2n) is 5.99. The van der Waals surface area contributed by atoms with Gasteiger partial charge in [-0.3, -0.25) is 4.79 Å². The second-order valence-corrected chi connectivity index (χ2v) is 7.89. The van der Waals surface area contributed by atoms with E-state index in [9.17, 15) is 13.2 Å². The van der Waals surface area contributed by atoms with Gasteiger partial charge in [0.05, 0.1) is 26.7 Å². The van der Waals surface area contributed by atoms with Crippen molar-refractivity contribution in [3.05, 3.63) is 23.8 Å². The van der Waals surface area contributed by atoms with Gasteiger partial charge in [-0.2, -0.15) is 4.31 Å². The van der Waals surface area contributed by atoms with Crippen molar-refractivity contribution in [1.29, 1.82) is 0 Å². The van der Waals surface area contributed by atoms with E-state index >= 15 is 0 Å². The van der Waals surface area contributed by atoms with E-state index in [0.29, 0.717) is 38.4 Å². The van der Waals surface area contributed by atoms with Crippen molar-refractivity contribution in [3.8, 4) is 5.75 Å². The Hall–Kier alpha value is -1.39. The zero-order valence-corrected chi connectivity index (χ0v) is 17.3. The molecule has 0 saturated carbocycles. The molecule has 1 fully saturated rings. The van der Waals surface area contributed by atoms with Crippen molar-refractivity contribution in [1.82, 2.24) is 14.9 Å². The van der Waals surface area contributed by atoms with Crippen LogP contribution in [-0.4, -0.2) is 72.2 Å². The molecule has 1 aliphatic rings. The first-order valence-electron chi connectivity index (χ1n) is 8.65. The Labute approximate surface area is 167 Å². The predicted octanol–water partition coefficient (Wildman–Crippen LogP) is 0.406. The Morgan fingerprint density at radius 2 is 1.96 bits per heavy atom. The molecule has 27 heavy (non-hydrogen) atoms. The van der Waals surface area contributed by atoms with Gasteiger partial charge in [0.2, 0.25) is 15.9 Å². The number of hydrogen-bond acceptors (Lipinski definition) is 6. The molecule has 1 saturated heterocycles. The molecule has 0 unspecified atom stereocenters. The summed E-state index contributed by atoms with van der Waals surface area (Å²) in [6, 6.07) is 4.83. The van der Waals surface area contributed by atoms with Gasteiger partial charge >= 0.3 is 0 Å². The molecule has 0 aromatic heterocycles. The Kier molecular flexibility index (Phi) is 10.0. The summed E-state index contributed by atoms with van der Waals surface area (Å²) in [6.07, 6.45) is 0.955. The van der Waals surface area contributed by atoms with Gasteiger partial charge in [0.25, 0.3) is 0 Å². The highest BCUT2D eigenvalue weighted by Gasteiger charge is 2.29. The highest BCUT2D eigenvalue weighted by Crippen LogP contribution is 2.28. The maximum atomic E-state index is 12.9. The van der Waals surface area contributed by atoms with Gasteiger partial charge < -0.3 is 20.1 Å². The third-order valence-corrected chi connectivity index (χ3v) is 6.03. The number of nitrogens with zero attached hydrogens (tertiary/aromatic N) is 1. The number of hydrogen-bond donors (Lipinski definition) is 2. The number of benzene rings is 1. The molecule has 2 rings (SSSR count). The molecule has 1 heterocycles. The average Bonchev–Trinajstić information content (AvgIpc) is 2.66. The van der Waals surface area contributed by atoms with Crippen LogP contribution in [0.4, 0.5) is 0 Å². The molecule has 154 valence electrons. The van der Waals surface area contributed by atoms with Crippen LogP contribution >= 0.6 is 12.4 Å². The van der Waals surface area contributed by atoms with Crippen LogP contribution in [0.1, 0.15) is 12.0 Å². The van der Waals surface area contributed by atoms with Gasteiger partial charge in [-0.05, 0) is 37.7 Å². The normalized spacial score (nSPS) is 15.0. The Morgan fingerprint density at radius 1 is 1.26 bits per heavy atom. The highest BCUT2D eigenvalue weighted by atomic mass is 35.5. The van der Waals surface area contributed by atoms with Gasteiger partial charge in [0, 0.05) is 19.6 Å². The monoisotopic (exact) mass is 421 g/mol. The molecule has 2 N–H and O–H groups in total. The summed E-state index contributed by atoms with van der Waals surface area (Å²) in [7, 11) is -0.410. The van der Waals surface area contributed by atoms with Crippen molar-refractivity contribution >= 4 is 28.3 Å². The fourth-order valence-corrected chi connectivity index (χ4v) is 4.31. The van der Waals surface area contributed by atoms with Crippen LogP contribution in [0.15, 0.2) is 23.1 Å². The molecule has 0 radical (unpaired) electrons. The third-order valence-electron chi connectivity index (χ3n) is 4.11. The van der Waals surface area contributed by atoms with Crippen molar-refractivity contribution in [2.75, 3.05) is 53.6 Å². The summed E-state index contributed by atoms with van der Waals surface area (Å²) in [4.78, 5) is 12.1. The fourth-order valence-electron chi connectivity index (χ4n) is 2.70. The van der Waals surface area contributed by atoms with Gasteiger partial charge in [0.1, 0.15) is 10.6 Å². The molecule has 1 amide bonds. The van der Waals surface area contributed by atoms with Crippen LogP contribution in [0, 0.1) is 0 Å². The van der Waals surface area contributed by atoms with E-state index in [1.807, 2.05) is 7.05 Å². The minimum atomic E-state index is -3.70. The largest absolute Gasteiger partial charge is 0.495 e. The molecule has 0 spiro atoms. The summed E-state index contributed by atoms with van der Waals surface area (Å²) < 4.78 is 37.7. The SMILES string of the molecule is CNCCCNC(=O)Cc1ccc(OC)c(S(=O)(=O)N2CCOCC2)c1.Cl. The summed E-state index contributed by atoms with van der Waals surface area (Å²) in [5, 5.41) is 5.84. The number of amides is 1. The number of carbonyl (C=O) groups excluding carboxylic acids is 1. The zero-order chi connectivity index (χ0) is 19.0. The number of sulfonamides is 1. The lowest BCUT2D eigenvalue weighted by atomic mass is 10.1. The predicted molar refractivity (Wildman–Crippen MR) is 105 cm³/mol. The molecule has 0 atom stereocenters. The standard InChI is InChI=1S/C17H27N3O5S.ClH/c1-18-6-3-7-19-17(21)13-14-4-5-15(24-2)16(12-14)26(22,23)20-8-10-25-11-9-20;/h4-5,12,18H,3,6-11,13H2,1-2H3,(H,19,21);1H. The van der Waals surface area contributed by atoms with Crippen molar-refractivity contribution in [3.63, 3.8) is 0 Å². The van der Waals surface area contributed by atoms with Crippen molar-refractivity contribution < 1.29 is 22.7 Å². The molecular weight excluding hydrogens is 394 g/mol. The fraction of sp³-hybridized carbons (Fsp3) is 0.588. The van der Waals surface area contributed by atoms with Crippen LogP contribution in [0.3, 0.4) is 0 Å². The van der Waals surface area contributed by atoms with E-state index < -0.39 is 10.0 Å². The Morgan fingerprint density at radius 3 is 2.59 bits per heavy atom. The van der Waals surface area contributed by atoms with E-state index in [4.69, 9.17) is 9.47 Å². The van der Waals surface area contributed by atoms with E-state index in [2.05, 4.69) is 10.6 Å². The lowest BCUT2D eigenvalue weighted by Gasteiger charge is -2.26. The first-order chi connectivity index (χ1) is 12.5. The smallest absolute Gasteiger partial charge is 0.246 e. The number of methoxy groups -OCH3 is 1. The molecule has 10 heteroatoms. The van der Waals surface area contributed by atoms with Crippen molar-refractivity contribution in [2.24, 2.45) is 0 Å². The number of ether oxygens (including phenoxy) is 2. The number of morpholine rings is 1. The number of nitrogens with one attached hydrogen (secondary N) is 2. The van der Waals surface area contributed by atoms with Crippen LogP contribution in [0.2, 0.25) is 0 Å². The maximum absolute atomic E-state index is 12.9. The number of halogens is 1. The molecule has 1 aliphatic heterocycles. The van der Waals surface area contributed by atoms with Gasteiger partial charge in [0.15, 0.2) is 0 Å². The Bertz CT molecular complexity index is 709. The Balaban J connectivity index is 0.00000364. The first kappa shape index (κ1) is 23.6. The van der Waals surface area contributed by atoms with Gasteiger partial charge in [-0.1, -0.05) is 6.07 Å². The minimum Gasteiger partial charge on any atom is -0.495 e. The molecular formula is C17H28ClN3O5S. The van der Waals surface area contributed by atoms with Crippen LogP contribution in [0.5, 0.6) is 5.75 Å². The van der Waals surface area contributed by atoms with Gasteiger partial charge in [-0.25, -0.2) is 8.42 Å². The number of rotatable bonds is 9. The van der Waals surface area contributed by atoms with E-state index in [1.165, 1.54) is 17.5 Å². The summed E-state index contributed by atoms with van der Waals surface area (Å²) >= 11 is 0. The van der Waals surface area contributed by atoms with Crippen LogP contribution < -0.4 is 15.4 Å². The van der Waals surface area contributed by atoms with E-state index in [1.54, 1.807) is 12.1 Å². The molecule has 8 nitrogen and oxygen atoms in total. The number of carbonyl (C=O) groups is 1. The lowest BCUT2D eigenvalue weighted by molar-refractivity contribution is -0.120. The first-order valence-corrected chi connectivity index (χ1v) is 10.1. The average molecular weight is 422 g/mol. The minimum absolute atomic E-state index is 0. The van der Waals surface area contributed by atoms with Crippen molar-refractivity contribution in [2.45, 2.75) is 17.7 Å². The second kappa shape index (κ2) is 11.5. The van der Waals surface area contributed by atoms with E-state index in [-0.39, 0.29) is 35.4 Å². The molecule has 1 aromatic carbocycles. The maximum Gasteiger partial charge on any atom is 0.246 e. The topological polar surface area (TPSA) is 97.0 Å². The summed E-state index contributed by atoms with van der Waals surface area (Å²) in [5.41, 5.74) is 0.628. The third kappa shape index (κ3) is 6.62. The van der Waals surface area contributed by atoms with Crippen LogP contribution in [0.25, 0.3) is 0 Å². The summed E-state index contributed by atoms with van der Waals surface area (Å²) in [6.45, 7) is 2.76. The van der Waals surface area contributed by atoms with Gasteiger partial charge in [-0.15, -0.1) is 12.4 Å². The molecule has 0 aliphatic carbocycles. The quantitative estimate of drug-likeness (QED) is 0.560. The highest BCUT2D eigenvalue weighted by molar-refractivity contribution is 7.89. The van der Waals surface area contributed by atoms with Crippen LogP contribution in [-0.2, 0) is 26.0 Å². The molecule has 0 bridgehead atoms. The lowest BCUT2D eigenvalue weighted by Crippen LogP contribution is -2.40. The summed E-state index contributed by atoms with van der Waals surface area (Å²) in [5.74, 6) is 0.135. The molecule has 1 aromatic rings. The zero-order valence-electron chi connectivity index (χ0n) is 15.7. The van der Waals surface area contributed by atoms with E-state index in [0.717, 1.165) is 13.0 Å².